The highest BCUT2D eigenvalue weighted by atomic mass is 19.4. The predicted molar refractivity (Wildman–Crippen MR) is 559 cm³/mol. The Morgan fingerprint density at radius 1 is 0.246 bits per heavy atom. The van der Waals surface area contributed by atoms with Gasteiger partial charge in [-0.1, -0.05) is 218 Å². The molecule has 14 nitrogen and oxygen atoms in total. The molecule has 27 aromatic rings. The molecule has 17 aromatic carbocycles. The van der Waals surface area contributed by atoms with E-state index in [4.69, 9.17) is 33.3 Å². The van der Waals surface area contributed by atoms with E-state index in [0.29, 0.717) is 125 Å². The van der Waals surface area contributed by atoms with Crippen molar-refractivity contribution in [3.05, 3.63) is 404 Å². The van der Waals surface area contributed by atoms with E-state index in [-0.39, 0.29) is 43.6 Å². The monoisotopic (exact) mass is 1870 g/mol. The van der Waals surface area contributed by atoms with Crippen LogP contribution in [0.25, 0.3) is 226 Å². The summed E-state index contributed by atoms with van der Waals surface area (Å²) >= 11 is 0. The van der Waals surface area contributed by atoms with E-state index in [1.54, 1.807) is 6.92 Å². The number of pyridine rings is 2. The van der Waals surface area contributed by atoms with Crippen LogP contribution in [0.5, 0.6) is 23.0 Å². The van der Waals surface area contributed by atoms with Crippen LogP contribution >= 0.6 is 0 Å². The maximum Gasteiger partial charge on any atom is 0.416 e. The standard InChI is InChI=1S/C122H81F6N9O5/c1-72-73(2)117(135-104-49-23-11-37-89(104)90-38-12-24-50-105(90)135)119(118(136-106-51-25-13-39-91(106)92-40-14-26-52-107(92)136)115(72)74-63-75(121(123,124)125)65-76(64-74)122(126,127)128)137-108-57-54-77(138-59-27-61-140-79-53-56-93-111(68-79)142-120-110(131-96-41-15-3-29-81(96)82-30-4-16-42-97(82)131)71-114(130-116(93)120)134-102-47-21-9-35-87(102)88-36-10-22-48-103(88)134)66-94(108)95-67-78(55-58-109(95)137)139-60-28-62-141-80-69-112(132-98-43-17-5-31-83(98)84-32-6-18-44-99(84)132)129-113(70-80)133-100-45-19-7-33-85(100)86-34-8-20-46-101(86)133/h3-26,29-58,63-71H,27-28,59-62H2,1-2H3. The molecule has 20 heteroatoms. The Morgan fingerprint density at radius 2 is 0.535 bits per heavy atom. The van der Waals surface area contributed by atoms with Crippen molar-refractivity contribution in [3.8, 4) is 74.3 Å². The van der Waals surface area contributed by atoms with Crippen LogP contribution in [-0.2, 0) is 12.4 Å². The van der Waals surface area contributed by atoms with Crippen molar-refractivity contribution in [3.63, 3.8) is 0 Å². The molecule has 0 saturated heterocycles. The average molecular weight is 1870 g/mol. The minimum Gasteiger partial charge on any atom is -0.493 e. The molecule has 0 unspecified atom stereocenters. The van der Waals surface area contributed by atoms with Crippen LogP contribution in [-0.4, -0.2) is 68.4 Å². The van der Waals surface area contributed by atoms with Gasteiger partial charge in [-0.2, -0.15) is 26.3 Å². The molecule has 10 heterocycles. The highest BCUT2D eigenvalue weighted by Crippen LogP contribution is 2.53. The number of aromatic nitrogens is 9. The summed E-state index contributed by atoms with van der Waals surface area (Å²) in [5, 5.41) is 14.5. The number of para-hydroxylation sites is 12. The van der Waals surface area contributed by atoms with E-state index >= 15 is 26.3 Å². The first-order valence-electron chi connectivity index (χ1n) is 47.5. The first kappa shape index (κ1) is 83.6. The molecule has 0 bridgehead atoms. The number of nitrogens with zero attached hydrogens (tertiary/aromatic N) is 9. The average Bonchev–Trinajstić information content (AvgIpc) is 1.51. The smallest absolute Gasteiger partial charge is 0.416 e. The molecular formula is C122H81F6N9O5. The number of halogens is 6. The maximum atomic E-state index is 15.8. The van der Waals surface area contributed by atoms with Crippen molar-refractivity contribution < 1.29 is 49.7 Å². The second-order valence-electron chi connectivity index (χ2n) is 36.4. The number of ether oxygens (including phenoxy) is 4. The van der Waals surface area contributed by atoms with Crippen molar-refractivity contribution in [1.29, 1.82) is 0 Å². The molecule has 0 N–H and O–H groups in total. The summed E-state index contributed by atoms with van der Waals surface area (Å²) in [5.74, 6) is 4.30. The van der Waals surface area contributed by atoms with Crippen LogP contribution in [0.2, 0.25) is 0 Å². The van der Waals surface area contributed by atoms with Gasteiger partial charge >= 0.3 is 12.4 Å². The Hall–Kier alpha value is -17.8. The van der Waals surface area contributed by atoms with Gasteiger partial charge in [-0.3, -0.25) is 13.7 Å². The van der Waals surface area contributed by atoms with Gasteiger partial charge in [0.25, 0.3) is 0 Å². The van der Waals surface area contributed by atoms with Gasteiger partial charge in [-0.25, -0.2) is 9.97 Å². The van der Waals surface area contributed by atoms with Gasteiger partial charge in [0.2, 0.25) is 0 Å². The summed E-state index contributed by atoms with van der Waals surface area (Å²) in [5.41, 5.74) is 14.4. The Labute approximate surface area is 805 Å². The normalized spacial score (nSPS) is 12.4. The molecule has 0 aliphatic rings. The number of hydrogen-bond acceptors (Lipinski definition) is 7. The van der Waals surface area contributed by atoms with Gasteiger partial charge in [0.05, 0.1) is 138 Å². The molecular weight excluding hydrogens is 1790 g/mol. The number of alkyl halides is 6. The topological polar surface area (TPSA) is 110 Å². The van der Waals surface area contributed by atoms with Gasteiger partial charge in [-0.05, 0) is 170 Å². The molecule has 10 aromatic heterocycles. The molecule has 0 aliphatic heterocycles. The highest BCUT2D eigenvalue weighted by Gasteiger charge is 2.40. The lowest BCUT2D eigenvalue weighted by Crippen LogP contribution is -2.15. The molecule has 27 rings (SSSR count). The Balaban J connectivity index is 0.589. The quantitative estimate of drug-likeness (QED) is 0.0552. The Morgan fingerprint density at radius 3 is 0.887 bits per heavy atom. The zero-order valence-corrected chi connectivity index (χ0v) is 76.4. The summed E-state index contributed by atoms with van der Waals surface area (Å²) in [6.07, 6.45) is -9.52. The lowest BCUT2D eigenvalue weighted by molar-refractivity contribution is -0.143. The number of rotatable bonds is 20. The van der Waals surface area contributed by atoms with Crippen LogP contribution in [0.3, 0.4) is 0 Å². The SMILES string of the molecule is Cc1c(C)c(-n2c3ccccc3c3ccccc32)c(-n2c3ccc(OCCCOc4cc(-n5c6ccccc6c6ccccc65)nc(-n5c6ccccc6c6ccccc65)c4)cc3c3cc(OCCCOc4ccc5c(c4)oc4c(-n6c7ccccc7c7ccccc76)cc(-n6c7ccccc7c7ccccc76)nc45)ccc32)c(-n2c3ccccc3c3ccccc32)c1-c1cc(C(F)(F)F)cc(C(F)(F)F)c1. The number of hydrogen-bond donors (Lipinski definition) is 0. The zero-order valence-electron chi connectivity index (χ0n) is 76.4. The highest BCUT2D eigenvalue weighted by molar-refractivity contribution is 6.19. The van der Waals surface area contributed by atoms with Crippen LogP contribution in [0.1, 0.15) is 35.1 Å². The van der Waals surface area contributed by atoms with Crippen molar-refractivity contribution in [2.24, 2.45) is 0 Å². The first-order valence-corrected chi connectivity index (χ1v) is 47.5. The Bertz CT molecular complexity index is 9470. The van der Waals surface area contributed by atoms with Gasteiger partial charge in [-0.15, -0.1) is 0 Å². The Kier molecular flexibility index (Phi) is 19.1. The molecule has 0 spiro atoms. The molecule has 0 aliphatic carbocycles. The maximum absolute atomic E-state index is 15.8. The molecule has 0 atom stereocenters. The first-order chi connectivity index (χ1) is 69.6. The molecule has 0 fully saturated rings. The van der Waals surface area contributed by atoms with Crippen molar-refractivity contribution in [2.45, 2.75) is 39.0 Å². The fourth-order valence-corrected chi connectivity index (χ4v) is 22.2. The summed E-state index contributed by atoms with van der Waals surface area (Å²) in [6.45, 7) is 4.63. The van der Waals surface area contributed by atoms with E-state index in [1.165, 1.54) is 0 Å². The predicted octanol–water partition coefficient (Wildman–Crippen LogP) is 32.1. The van der Waals surface area contributed by atoms with Crippen molar-refractivity contribution >= 4 is 175 Å². The van der Waals surface area contributed by atoms with Crippen LogP contribution < -0.4 is 18.9 Å². The van der Waals surface area contributed by atoms with Crippen LogP contribution in [0.4, 0.5) is 26.3 Å². The van der Waals surface area contributed by atoms with E-state index < -0.39 is 23.5 Å². The fourth-order valence-electron chi connectivity index (χ4n) is 22.2. The third-order valence-electron chi connectivity index (χ3n) is 28.4. The second kappa shape index (κ2) is 32.4. The number of furan rings is 1. The van der Waals surface area contributed by atoms with E-state index in [2.05, 4.69) is 215 Å². The fraction of sp³-hybridized carbons (Fsp3) is 0.0820. The van der Waals surface area contributed by atoms with Gasteiger partial charge in [0.1, 0.15) is 51.6 Å². The molecule has 0 saturated carbocycles. The molecule has 142 heavy (non-hydrogen) atoms. The minimum atomic E-state index is -5.20. The third-order valence-corrected chi connectivity index (χ3v) is 28.4. The third kappa shape index (κ3) is 13.2. The van der Waals surface area contributed by atoms with Crippen LogP contribution in [0.15, 0.2) is 387 Å². The summed E-state index contributed by atoms with van der Waals surface area (Å²) < 4.78 is 145. The van der Waals surface area contributed by atoms with Gasteiger partial charge in [0.15, 0.2) is 5.58 Å². The van der Waals surface area contributed by atoms with Crippen molar-refractivity contribution in [1.82, 2.24) is 41.9 Å². The molecule has 686 valence electrons. The largest absolute Gasteiger partial charge is 0.493 e. The lowest BCUT2D eigenvalue weighted by atomic mass is 9.89. The van der Waals surface area contributed by atoms with E-state index in [9.17, 15) is 0 Å². The van der Waals surface area contributed by atoms with Crippen LogP contribution in [0, 0.1) is 13.8 Å². The van der Waals surface area contributed by atoms with E-state index in [0.717, 1.165) is 149 Å². The summed E-state index contributed by atoms with van der Waals surface area (Å²) in [7, 11) is 0. The minimum absolute atomic E-state index is 0.154. The number of benzene rings is 17. The van der Waals surface area contributed by atoms with Gasteiger partial charge in [0, 0.05) is 123 Å². The molecule has 0 radical (unpaired) electrons. The summed E-state index contributed by atoms with van der Waals surface area (Å²) in [4.78, 5) is 11.0. The van der Waals surface area contributed by atoms with Crippen molar-refractivity contribution in [2.75, 3.05) is 26.4 Å². The zero-order chi connectivity index (χ0) is 95.1. The number of fused-ring (bicyclic) bond motifs is 24. The molecule has 0 amide bonds. The second-order valence-corrected chi connectivity index (χ2v) is 36.4. The summed E-state index contributed by atoms with van der Waals surface area (Å²) in [6, 6.07) is 125. The van der Waals surface area contributed by atoms with E-state index in [1.807, 2.05) is 187 Å². The lowest BCUT2D eigenvalue weighted by Gasteiger charge is -2.29. The van der Waals surface area contributed by atoms with Gasteiger partial charge < -0.3 is 41.6 Å².